The topological polar surface area (TPSA) is 37.8 Å². The predicted octanol–water partition coefficient (Wildman–Crippen LogP) is 4.02. The first-order valence-electron chi connectivity index (χ1n) is 7.93. The molecule has 21 heavy (non-hydrogen) atoms. The highest BCUT2D eigenvalue weighted by Gasteiger charge is 2.16. The highest BCUT2D eigenvalue weighted by atomic mass is 16.1. The molecule has 0 aliphatic carbocycles. The van der Waals surface area contributed by atoms with E-state index in [1.54, 1.807) is 4.68 Å². The first-order chi connectivity index (χ1) is 10.0. The molecule has 0 unspecified atom stereocenters. The number of hydrogen-bond donors (Lipinski definition) is 1. The Balaban J connectivity index is 2.50. The zero-order chi connectivity index (χ0) is 15.4. The number of aromatic amines is 1. The van der Waals surface area contributed by atoms with Crippen LogP contribution in [0.5, 0.6) is 0 Å². The highest BCUT2D eigenvalue weighted by Crippen LogP contribution is 2.16. The molecule has 0 aliphatic heterocycles. The number of rotatable bonds is 6. The second-order valence-corrected chi connectivity index (χ2v) is 6.20. The summed E-state index contributed by atoms with van der Waals surface area (Å²) >= 11 is 0. The summed E-state index contributed by atoms with van der Waals surface area (Å²) in [6.45, 7) is 8.54. The molecule has 0 amide bonds. The van der Waals surface area contributed by atoms with Crippen molar-refractivity contribution in [2.45, 2.75) is 53.4 Å². The summed E-state index contributed by atoms with van der Waals surface area (Å²) in [7, 11) is 0. The zero-order valence-electron chi connectivity index (χ0n) is 13.6. The highest BCUT2D eigenvalue weighted by molar-refractivity contribution is 5.40. The minimum absolute atomic E-state index is 0.115. The van der Waals surface area contributed by atoms with Crippen molar-refractivity contribution in [3.05, 3.63) is 51.4 Å². The van der Waals surface area contributed by atoms with Crippen molar-refractivity contribution in [1.29, 1.82) is 0 Å². The third-order valence-corrected chi connectivity index (χ3v) is 3.82. The Kier molecular flexibility index (Phi) is 5.05. The first kappa shape index (κ1) is 15.6. The largest absolute Gasteiger partial charge is 0.295 e. The van der Waals surface area contributed by atoms with Crippen LogP contribution < -0.4 is 5.56 Å². The zero-order valence-corrected chi connectivity index (χ0v) is 13.6. The Morgan fingerprint density at radius 1 is 1.24 bits per heavy atom. The van der Waals surface area contributed by atoms with Gasteiger partial charge in [0.15, 0.2) is 0 Å². The Labute approximate surface area is 127 Å². The van der Waals surface area contributed by atoms with Gasteiger partial charge in [0.25, 0.3) is 5.56 Å². The van der Waals surface area contributed by atoms with Gasteiger partial charge in [0, 0.05) is 11.3 Å². The lowest BCUT2D eigenvalue weighted by Gasteiger charge is -2.05. The first-order valence-corrected chi connectivity index (χ1v) is 7.93. The Hall–Kier alpha value is -1.77. The fourth-order valence-corrected chi connectivity index (χ4v) is 2.68. The Bertz CT molecular complexity index is 649. The van der Waals surface area contributed by atoms with Crippen LogP contribution in [0.4, 0.5) is 0 Å². The van der Waals surface area contributed by atoms with Gasteiger partial charge in [-0.1, -0.05) is 45.4 Å². The molecule has 0 saturated carbocycles. The van der Waals surface area contributed by atoms with Crippen LogP contribution in [0, 0.1) is 12.8 Å². The quantitative estimate of drug-likeness (QED) is 0.856. The molecular formula is C18H26N2O. The Morgan fingerprint density at radius 2 is 1.95 bits per heavy atom. The second-order valence-electron chi connectivity index (χ2n) is 6.20. The molecule has 3 nitrogen and oxygen atoms in total. The molecule has 114 valence electrons. The van der Waals surface area contributed by atoms with Gasteiger partial charge in [0.05, 0.1) is 5.69 Å². The summed E-state index contributed by atoms with van der Waals surface area (Å²) in [6.07, 6.45) is 4.04. The number of aromatic nitrogens is 2. The van der Waals surface area contributed by atoms with Gasteiger partial charge in [-0.3, -0.25) is 9.89 Å². The molecule has 2 rings (SSSR count). The molecule has 0 radical (unpaired) electrons. The fraction of sp³-hybridized carbons (Fsp3) is 0.500. The van der Waals surface area contributed by atoms with Crippen molar-refractivity contribution < 1.29 is 0 Å². The average molecular weight is 286 g/mol. The van der Waals surface area contributed by atoms with Gasteiger partial charge in [-0.25, -0.2) is 4.68 Å². The van der Waals surface area contributed by atoms with E-state index in [-0.39, 0.29) is 5.56 Å². The standard InChI is InChI=1S/C18H26N2O/c1-5-6-10-16-15(12-13(2)3)18(21)20(19-16)17-11-8-7-9-14(17)4/h7-9,11,13,19H,5-6,10,12H2,1-4H3. The maximum absolute atomic E-state index is 12.8. The number of nitrogens with zero attached hydrogens (tertiary/aromatic N) is 1. The summed E-state index contributed by atoms with van der Waals surface area (Å²) in [4.78, 5) is 12.8. The van der Waals surface area contributed by atoms with Gasteiger partial charge in [0.1, 0.15) is 0 Å². The lowest BCUT2D eigenvalue weighted by Crippen LogP contribution is -2.19. The number of aryl methyl sites for hydroxylation is 2. The van der Waals surface area contributed by atoms with Crippen LogP contribution in [0.3, 0.4) is 0 Å². The number of H-pyrrole nitrogens is 1. The van der Waals surface area contributed by atoms with Gasteiger partial charge in [-0.2, -0.15) is 0 Å². The maximum Gasteiger partial charge on any atom is 0.274 e. The van der Waals surface area contributed by atoms with Gasteiger partial charge in [0.2, 0.25) is 0 Å². The number of para-hydroxylation sites is 1. The maximum atomic E-state index is 12.8. The van der Waals surface area contributed by atoms with Gasteiger partial charge >= 0.3 is 0 Å². The Morgan fingerprint density at radius 3 is 2.57 bits per heavy atom. The van der Waals surface area contributed by atoms with Crippen molar-refractivity contribution in [2.24, 2.45) is 5.92 Å². The third kappa shape index (κ3) is 3.46. The SMILES string of the molecule is CCCCc1[nH]n(-c2ccccc2C)c(=O)c1CC(C)C. The molecule has 1 aromatic heterocycles. The van der Waals surface area contributed by atoms with Crippen LogP contribution in [0.2, 0.25) is 0 Å². The fourth-order valence-electron chi connectivity index (χ4n) is 2.68. The molecule has 0 bridgehead atoms. The molecule has 0 fully saturated rings. The molecule has 1 heterocycles. The molecule has 1 aromatic carbocycles. The summed E-state index contributed by atoms with van der Waals surface area (Å²) in [5.41, 5.74) is 4.25. The second kappa shape index (κ2) is 6.79. The molecule has 3 heteroatoms. The van der Waals surface area contributed by atoms with E-state index in [1.165, 1.54) is 0 Å². The number of hydrogen-bond acceptors (Lipinski definition) is 1. The van der Waals surface area contributed by atoms with E-state index in [1.807, 2.05) is 31.2 Å². The van der Waals surface area contributed by atoms with Crippen LogP contribution in [0.25, 0.3) is 5.69 Å². The predicted molar refractivity (Wildman–Crippen MR) is 88.3 cm³/mol. The minimum Gasteiger partial charge on any atom is -0.295 e. The molecule has 0 saturated heterocycles. The van der Waals surface area contributed by atoms with E-state index < -0.39 is 0 Å². The smallest absolute Gasteiger partial charge is 0.274 e. The van der Waals surface area contributed by atoms with Gasteiger partial charge in [-0.15, -0.1) is 0 Å². The van der Waals surface area contributed by atoms with E-state index in [2.05, 4.69) is 25.9 Å². The van der Waals surface area contributed by atoms with Crippen molar-refractivity contribution in [2.75, 3.05) is 0 Å². The molecule has 0 spiro atoms. The third-order valence-electron chi connectivity index (χ3n) is 3.82. The number of unbranched alkanes of at least 4 members (excludes halogenated alkanes) is 1. The van der Waals surface area contributed by atoms with E-state index in [0.29, 0.717) is 5.92 Å². The summed E-state index contributed by atoms with van der Waals surface area (Å²) in [6, 6.07) is 8.01. The lowest BCUT2D eigenvalue weighted by molar-refractivity contribution is 0.637. The van der Waals surface area contributed by atoms with Crippen LogP contribution >= 0.6 is 0 Å². The van der Waals surface area contributed by atoms with Crippen LogP contribution in [-0.4, -0.2) is 9.78 Å². The average Bonchev–Trinajstić information content (AvgIpc) is 2.74. The monoisotopic (exact) mass is 286 g/mol. The summed E-state index contributed by atoms with van der Waals surface area (Å²) in [5, 5.41) is 3.35. The minimum atomic E-state index is 0.115. The van der Waals surface area contributed by atoms with Crippen molar-refractivity contribution in [3.63, 3.8) is 0 Å². The van der Waals surface area contributed by atoms with E-state index in [4.69, 9.17) is 0 Å². The molecule has 2 aromatic rings. The van der Waals surface area contributed by atoms with E-state index >= 15 is 0 Å². The van der Waals surface area contributed by atoms with E-state index in [0.717, 1.165) is 48.2 Å². The molecule has 0 atom stereocenters. The molecular weight excluding hydrogens is 260 g/mol. The summed E-state index contributed by atoms with van der Waals surface area (Å²) in [5.74, 6) is 0.485. The lowest BCUT2D eigenvalue weighted by atomic mass is 10.0. The van der Waals surface area contributed by atoms with Crippen LogP contribution in [0.1, 0.15) is 50.4 Å². The van der Waals surface area contributed by atoms with Crippen molar-refractivity contribution >= 4 is 0 Å². The van der Waals surface area contributed by atoms with Crippen molar-refractivity contribution in [3.8, 4) is 5.69 Å². The van der Waals surface area contributed by atoms with E-state index in [9.17, 15) is 4.79 Å². The van der Waals surface area contributed by atoms with Crippen LogP contribution in [0.15, 0.2) is 29.1 Å². The number of nitrogens with one attached hydrogen (secondary N) is 1. The van der Waals surface area contributed by atoms with Gasteiger partial charge in [-0.05, 0) is 43.7 Å². The van der Waals surface area contributed by atoms with Gasteiger partial charge < -0.3 is 0 Å². The number of benzene rings is 1. The van der Waals surface area contributed by atoms with Crippen molar-refractivity contribution in [1.82, 2.24) is 9.78 Å². The normalized spacial score (nSPS) is 11.3. The molecule has 0 aliphatic rings. The summed E-state index contributed by atoms with van der Waals surface area (Å²) < 4.78 is 1.72. The van der Waals surface area contributed by atoms with Crippen LogP contribution in [-0.2, 0) is 12.8 Å². The molecule has 1 N–H and O–H groups in total.